The minimum Gasteiger partial charge on any atom is -0.382 e. The van der Waals surface area contributed by atoms with Crippen LogP contribution >= 0.6 is 0 Å². The minimum atomic E-state index is 0.350. The molecule has 0 aromatic carbocycles. The molecule has 3 atom stereocenters. The Hall–Kier alpha value is -0.380. The highest BCUT2D eigenvalue weighted by Crippen LogP contribution is 2.45. The van der Waals surface area contributed by atoms with Crippen LogP contribution in [0.5, 0.6) is 0 Å². The molecule has 0 aliphatic heterocycles. The molecule has 0 radical (unpaired) electrons. The Morgan fingerprint density at radius 3 is 2.88 bits per heavy atom. The first kappa shape index (κ1) is 12.1. The Kier molecular flexibility index (Phi) is 4.38. The molecule has 0 heterocycles. The third-order valence-electron chi connectivity index (χ3n) is 3.77. The molecule has 2 bridgehead atoms. The molecular formula is C13H22O3. The van der Waals surface area contributed by atoms with Gasteiger partial charge < -0.3 is 14.2 Å². The Morgan fingerprint density at radius 2 is 2.19 bits per heavy atom. The summed E-state index contributed by atoms with van der Waals surface area (Å²) in [5, 5.41) is 0. The van der Waals surface area contributed by atoms with Crippen molar-refractivity contribution in [1.29, 1.82) is 0 Å². The van der Waals surface area contributed by atoms with Gasteiger partial charge in [-0.1, -0.05) is 12.2 Å². The zero-order valence-electron chi connectivity index (χ0n) is 10.1. The number of fused-ring (bicyclic) bond motifs is 3. The number of rotatable bonds is 6. The summed E-state index contributed by atoms with van der Waals surface area (Å²) in [4.78, 5) is 0. The summed E-state index contributed by atoms with van der Waals surface area (Å²) >= 11 is 0. The summed E-state index contributed by atoms with van der Waals surface area (Å²) in [6.07, 6.45) is 5.37. The van der Waals surface area contributed by atoms with Crippen LogP contribution in [0, 0.1) is 11.8 Å². The van der Waals surface area contributed by atoms with Crippen LogP contribution in [-0.4, -0.2) is 33.2 Å². The van der Waals surface area contributed by atoms with Gasteiger partial charge in [0.2, 0.25) is 0 Å². The van der Waals surface area contributed by atoms with E-state index in [0.717, 1.165) is 5.92 Å². The molecule has 16 heavy (non-hydrogen) atoms. The van der Waals surface area contributed by atoms with E-state index in [9.17, 15) is 0 Å². The summed E-state index contributed by atoms with van der Waals surface area (Å²) < 4.78 is 16.0. The maximum atomic E-state index is 5.80. The lowest BCUT2D eigenvalue weighted by molar-refractivity contribution is -0.129. The smallest absolute Gasteiger partial charge is 0.147 e. The van der Waals surface area contributed by atoms with E-state index in [1.54, 1.807) is 7.11 Å². The van der Waals surface area contributed by atoms with Crippen molar-refractivity contribution in [2.45, 2.75) is 31.8 Å². The van der Waals surface area contributed by atoms with Crippen LogP contribution in [0.1, 0.15) is 25.7 Å². The van der Waals surface area contributed by atoms with Gasteiger partial charge in [-0.25, -0.2) is 0 Å². The molecule has 0 aromatic rings. The molecule has 0 unspecified atom stereocenters. The van der Waals surface area contributed by atoms with Gasteiger partial charge in [0.25, 0.3) is 0 Å². The van der Waals surface area contributed by atoms with Gasteiger partial charge in [-0.2, -0.15) is 0 Å². The molecule has 3 aliphatic rings. The van der Waals surface area contributed by atoms with Gasteiger partial charge in [-0.15, -0.1) is 0 Å². The van der Waals surface area contributed by atoms with Gasteiger partial charge >= 0.3 is 0 Å². The summed E-state index contributed by atoms with van der Waals surface area (Å²) in [7, 11) is 1.67. The van der Waals surface area contributed by atoms with Gasteiger partial charge in [-0.3, -0.25) is 0 Å². The van der Waals surface area contributed by atoms with Crippen molar-refractivity contribution in [3.8, 4) is 0 Å². The van der Waals surface area contributed by atoms with Crippen LogP contribution in [0.2, 0.25) is 0 Å². The van der Waals surface area contributed by atoms with E-state index in [4.69, 9.17) is 14.2 Å². The third kappa shape index (κ3) is 2.84. The van der Waals surface area contributed by atoms with Gasteiger partial charge in [0.15, 0.2) is 0 Å². The molecule has 0 spiro atoms. The maximum Gasteiger partial charge on any atom is 0.147 e. The molecular weight excluding hydrogens is 204 g/mol. The van der Waals surface area contributed by atoms with Crippen molar-refractivity contribution in [3.05, 3.63) is 12.2 Å². The van der Waals surface area contributed by atoms with E-state index >= 15 is 0 Å². The van der Waals surface area contributed by atoms with Crippen LogP contribution < -0.4 is 0 Å². The zero-order valence-corrected chi connectivity index (χ0v) is 10.1. The highest BCUT2D eigenvalue weighted by molar-refractivity contribution is 5.12. The second-order valence-corrected chi connectivity index (χ2v) is 4.87. The molecule has 92 valence electrons. The third-order valence-corrected chi connectivity index (χ3v) is 3.77. The average Bonchev–Trinajstić information content (AvgIpc) is 2.29. The van der Waals surface area contributed by atoms with Crippen LogP contribution in [0.3, 0.4) is 0 Å². The SMILES string of the molecule is C=C1C[C@H]2CC[C@@H]1[C@H](OCOCCOC)C2. The molecule has 3 rings (SSSR count). The zero-order chi connectivity index (χ0) is 11.4. The van der Waals surface area contributed by atoms with E-state index in [-0.39, 0.29) is 0 Å². The first-order chi connectivity index (χ1) is 7.81. The Morgan fingerprint density at radius 1 is 1.31 bits per heavy atom. The molecule has 3 fully saturated rings. The fraction of sp³-hybridized carbons (Fsp3) is 0.846. The van der Waals surface area contributed by atoms with Crippen molar-refractivity contribution in [2.75, 3.05) is 27.1 Å². The fourth-order valence-corrected chi connectivity index (χ4v) is 2.91. The van der Waals surface area contributed by atoms with E-state index in [0.29, 0.717) is 32.0 Å². The first-order valence-electron chi connectivity index (χ1n) is 6.17. The van der Waals surface area contributed by atoms with E-state index in [2.05, 4.69) is 6.58 Å². The predicted molar refractivity (Wildman–Crippen MR) is 62.2 cm³/mol. The fourth-order valence-electron chi connectivity index (χ4n) is 2.91. The summed E-state index contributed by atoms with van der Waals surface area (Å²) in [6, 6.07) is 0. The molecule has 3 nitrogen and oxygen atoms in total. The lowest BCUT2D eigenvalue weighted by Gasteiger charge is -2.43. The standard InChI is InChI=1S/C13H22O3/c1-10-7-11-3-4-12(10)13(8-11)16-9-15-6-5-14-2/h11-13H,1,3-9H2,2H3/t11-,12+,13-/m1/s1. The minimum absolute atomic E-state index is 0.350. The van der Waals surface area contributed by atoms with Crippen molar-refractivity contribution >= 4 is 0 Å². The normalized spacial score (nSPS) is 33.3. The van der Waals surface area contributed by atoms with Gasteiger partial charge in [0.05, 0.1) is 19.3 Å². The topological polar surface area (TPSA) is 27.7 Å². The van der Waals surface area contributed by atoms with Crippen molar-refractivity contribution in [1.82, 2.24) is 0 Å². The predicted octanol–water partition coefficient (Wildman–Crippen LogP) is 2.37. The Balaban J connectivity index is 1.68. The van der Waals surface area contributed by atoms with Crippen molar-refractivity contribution < 1.29 is 14.2 Å². The molecule has 3 saturated carbocycles. The summed E-state index contributed by atoms with van der Waals surface area (Å²) in [6.45, 7) is 5.80. The Bertz CT molecular complexity index is 239. The second kappa shape index (κ2) is 5.80. The number of hydrogen-bond donors (Lipinski definition) is 0. The first-order valence-corrected chi connectivity index (χ1v) is 6.17. The largest absolute Gasteiger partial charge is 0.382 e. The summed E-state index contributed by atoms with van der Waals surface area (Å²) in [5.41, 5.74) is 1.39. The monoisotopic (exact) mass is 226 g/mol. The average molecular weight is 226 g/mol. The molecule has 0 aromatic heterocycles. The molecule has 0 amide bonds. The molecule has 0 saturated heterocycles. The summed E-state index contributed by atoms with van der Waals surface area (Å²) in [5.74, 6) is 1.39. The number of hydrogen-bond acceptors (Lipinski definition) is 3. The van der Waals surface area contributed by atoms with E-state index < -0.39 is 0 Å². The van der Waals surface area contributed by atoms with Gasteiger partial charge in [0.1, 0.15) is 6.79 Å². The lowest BCUT2D eigenvalue weighted by atomic mass is 9.67. The van der Waals surface area contributed by atoms with Crippen molar-refractivity contribution in [2.24, 2.45) is 11.8 Å². The number of ether oxygens (including phenoxy) is 3. The van der Waals surface area contributed by atoms with Crippen LogP contribution in [0.25, 0.3) is 0 Å². The molecule has 3 aliphatic carbocycles. The van der Waals surface area contributed by atoms with Crippen LogP contribution in [0.4, 0.5) is 0 Å². The highest BCUT2D eigenvalue weighted by Gasteiger charge is 2.38. The number of methoxy groups -OCH3 is 1. The van der Waals surface area contributed by atoms with Crippen LogP contribution in [-0.2, 0) is 14.2 Å². The van der Waals surface area contributed by atoms with Crippen molar-refractivity contribution in [3.63, 3.8) is 0 Å². The van der Waals surface area contributed by atoms with Crippen LogP contribution in [0.15, 0.2) is 12.2 Å². The molecule has 3 heteroatoms. The molecule has 0 N–H and O–H groups in total. The van der Waals surface area contributed by atoms with E-state index in [1.807, 2.05) is 0 Å². The second-order valence-electron chi connectivity index (χ2n) is 4.87. The highest BCUT2D eigenvalue weighted by atomic mass is 16.7. The van der Waals surface area contributed by atoms with Gasteiger partial charge in [-0.05, 0) is 31.6 Å². The Labute approximate surface area is 97.8 Å². The maximum absolute atomic E-state index is 5.80. The van der Waals surface area contributed by atoms with E-state index in [1.165, 1.54) is 31.3 Å². The quantitative estimate of drug-likeness (QED) is 0.395. The lowest BCUT2D eigenvalue weighted by Crippen LogP contribution is -2.38. The van der Waals surface area contributed by atoms with Gasteiger partial charge in [0, 0.05) is 13.0 Å².